The van der Waals surface area contributed by atoms with Crippen LogP contribution in [-0.2, 0) is 9.53 Å². The zero-order valence-corrected chi connectivity index (χ0v) is 18.9. The number of urea groups is 1. The predicted molar refractivity (Wildman–Crippen MR) is 124 cm³/mol. The van der Waals surface area contributed by atoms with Gasteiger partial charge in [-0.15, -0.1) is 0 Å². The number of benzene rings is 2. The van der Waals surface area contributed by atoms with Crippen molar-refractivity contribution in [1.82, 2.24) is 15.5 Å². The standard InChI is InChI=1S/C25H30N4O3/c1-17-4-8-19(9-5-17)23-22(24(30)32-3)21(26-25(31)27-23)16-28-12-14-29(15-13-28)20-10-6-18(2)7-11-20/h4-11,23H,12-16H2,1-3H3,(H2,26,27,31). The summed E-state index contributed by atoms with van der Waals surface area (Å²) in [7, 11) is 1.37. The topological polar surface area (TPSA) is 73.9 Å². The summed E-state index contributed by atoms with van der Waals surface area (Å²) in [5.41, 5.74) is 5.50. The minimum Gasteiger partial charge on any atom is -0.466 e. The molecule has 2 heterocycles. The number of amides is 2. The maximum Gasteiger partial charge on any atom is 0.338 e. The van der Waals surface area contributed by atoms with E-state index in [1.54, 1.807) is 0 Å². The van der Waals surface area contributed by atoms with Gasteiger partial charge in [-0.3, -0.25) is 4.90 Å². The number of nitrogens with zero attached hydrogens (tertiary/aromatic N) is 2. The first-order valence-electron chi connectivity index (χ1n) is 10.9. The average molecular weight is 435 g/mol. The van der Waals surface area contributed by atoms with Crippen LogP contribution in [0.25, 0.3) is 0 Å². The van der Waals surface area contributed by atoms with Crippen molar-refractivity contribution in [3.63, 3.8) is 0 Å². The van der Waals surface area contributed by atoms with E-state index in [1.807, 2.05) is 31.2 Å². The number of nitrogens with one attached hydrogen (secondary N) is 2. The summed E-state index contributed by atoms with van der Waals surface area (Å²) in [6, 6.07) is 15.5. The Labute approximate surface area is 189 Å². The number of ether oxygens (including phenoxy) is 1. The zero-order chi connectivity index (χ0) is 22.7. The largest absolute Gasteiger partial charge is 0.466 e. The summed E-state index contributed by atoms with van der Waals surface area (Å²) in [5, 5.41) is 5.74. The number of methoxy groups -OCH3 is 1. The highest BCUT2D eigenvalue weighted by atomic mass is 16.5. The molecule has 0 radical (unpaired) electrons. The van der Waals surface area contributed by atoms with Gasteiger partial charge in [0.25, 0.3) is 0 Å². The van der Waals surface area contributed by atoms with E-state index in [0.29, 0.717) is 17.8 Å². The lowest BCUT2D eigenvalue weighted by molar-refractivity contribution is -0.136. The van der Waals surface area contributed by atoms with Crippen molar-refractivity contribution in [1.29, 1.82) is 0 Å². The van der Waals surface area contributed by atoms with Gasteiger partial charge < -0.3 is 20.3 Å². The number of piperazine rings is 1. The summed E-state index contributed by atoms with van der Waals surface area (Å²) in [5.74, 6) is -0.434. The Morgan fingerprint density at radius 2 is 1.56 bits per heavy atom. The summed E-state index contributed by atoms with van der Waals surface area (Å²) in [4.78, 5) is 29.8. The first-order valence-corrected chi connectivity index (χ1v) is 10.9. The van der Waals surface area contributed by atoms with Gasteiger partial charge in [0, 0.05) is 44.1 Å². The van der Waals surface area contributed by atoms with Gasteiger partial charge in [-0.25, -0.2) is 9.59 Å². The number of carbonyl (C=O) groups excluding carboxylic acids is 2. The zero-order valence-electron chi connectivity index (χ0n) is 18.9. The van der Waals surface area contributed by atoms with Crippen LogP contribution < -0.4 is 15.5 Å². The Morgan fingerprint density at radius 3 is 2.16 bits per heavy atom. The van der Waals surface area contributed by atoms with Crippen molar-refractivity contribution >= 4 is 17.7 Å². The van der Waals surface area contributed by atoms with Crippen LogP contribution in [0.1, 0.15) is 22.7 Å². The maximum absolute atomic E-state index is 12.7. The minimum atomic E-state index is -0.541. The number of rotatable bonds is 5. The molecule has 0 saturated carbocycles. The Morgan fingerprint density at radius 1 is 0.969 bits per heavy atom. The van der Waals surface area contributed by atoms with Crippen LogP contribution in [-0.4, -0.2) is 56.7 Å². The van der Waals surface area contributed by atoms with E-state index in [-0.39, 0.29) is 6.03 Å². The quantitative estimate of drug-likeness (QED) is 0.708. The molecule has 0 aliphatic carbocycles. The maximum atomic E-state index is 12.7. The second-order valence-corrected chi connectivity index (χ2v) is 8.42. The summed E-state index contributed by atoms with van der Waals surface area (Å²) in [6.45, 7) is 8.03. The summed E-state index contributed by atoms with van der Waals surface area (Å²) >= 11 is 0. The molecule has 1 saturated heterocycles. The fraction of sp³-hybridized carbons (Fsp3) is 0.360. The molecular formula is C25H30N4O3. The molecule has 4 rings (SSSR count). The van der Waals surface area contributed by atoms with Gasteiger partial charge in [0.05, 0.1) is 18.7 Å². The molecule has 1 atom stereocenters. The van der Waals surface area contributed by atoms with Crippen molar-refractivity contribution in [2.24, 2.45) is 0 Å². The van der Waals surface area contributed by atoms with E-state index in [2.05, 4.69) is 51.6 Å². The molecule has 0 bridgehead atoms. The smallest absolute Gasteiger partial charge is 0.338 e. The Kier molecular flexibility index (Phi) is 6.46. The van der Waals surface area contributed by atoms with Gasteiger partial charge in [0.2, 0.25) is 0 Å². The van der Waals surface area contributed by atoms with Crippen molar-refractivity contribution in [3.8, 4) is 0 Å². The number of esters is 1. The number of carbonyl (C=O) groups is 2. The average Bonchev–Trinajstić information content (AvgIpc) is 2.80. The van der Waals surface area contributed by atoms with Gasteiger partial charge in [0.15, 0.2) is 0 Å². The Balaban J connectivity index is 1.53. The first kappa shape index (κ1) is 21.9. The second-order valence-electron chi connectivity index (χ2n) is 8.42. The summed E-state index contributed by atoms with van der Waals surface area (Å²) in [6.07, 6.45) is 0. The molecule has 32 heavy (non-hydrogen) atoms. The van der Waals surface area contributed by atoms with Gasteiger partial charge >= 0.3 is 12.0 Å². The normalized spacial score (nSPS) is 19.4. The minimum absolute atomic E-state index is 0.309. The third-order valence-corrected chi connectivity index (χ3v) is 6.12. The molecule has 7 nitrogen and oxygen atoms in total. The molecule has 2 amide bonds. The van der Waals surface area contributed by atoms with Crippen molar-refractivity contribution in [2.75, 3.05) is 44.7 Å². The molecule has 0 aromatic heterocycles. The van der Waals surface area contributed by atoms with E-state index in [4.69, 9.17) is 4.74 Å². The summed E-state index contributed by atoms with van der Waals surface area (Å²) < 4.78 is 5.09. The molecule has 2 N–H and O–H groups in total. The molecule has 168 valence electrons. The molecular weight excluding hydrogens is 404 g/mol. The fourth-order valence-corrected chi connectivity index (χ4v) is 4.25. The van der Waals surface area contributed by atoms with Crippen LogP contribution in [0.15, 0.2) is 59.8 Å². The van der Waals surface area contributed by atoms with Gasteiger partial charge in [-0.1, -0.05) is 47.5 Å². The Hall–Kier alpha value is -3.32. The molecule has 0 spiro atoms. The second kappa shape index (κ2) is 9.44. The fourth-order valence-electron chi connectivity index (χ4n) is 4.25. The molecule has 7 heteroatoms. The number of hydrogen-bond acceptors (Lipinski definition) is 5. The number of anilines is 1. The predicted octanol–water partition coefficient (Wildman–Crippen LogP) is 2.91. The molecule has 1 unspecified atom stereocenters. The van der Waals surface area contributed by atoms with Gasteiger partial charge in [0.1, 0.15) is 0 Å². The van der Waals surface area contributed by atoms with E-state index in [9.17, 15) is 9.59 Å². The Bertz CT molecular complexity index is 1010. The third-order valence-electron chi connectivity index (χ3n) is 6.12. The van der Waals surface area contributed by atoms with Crippen LogP contribution in [0.4, 0.5) is 10.5 Å². The van der Waals surface area contributed by atoms with Crippen LogP contribution in [0.2, 0.25) is 0 Å². The van der Waals surface area contributed by atoms with Crippen LogP contribution >= 0.6 is 0 Å². The van der Waals surface area contributed by atoms with Crippen LogP contribution in [0.3, 0.4) is 0 Å². The van der Waals surface area contributed by atoms with Crippen LogP contribution in [0, 0.1) is 13.8 Å². The number of aryl methyl sites for hydroxylation is 2. The highest BCUT2D eigenvalue weighted by molar-refractivity contribution is 5.95. The number of hydrogen-bond donors (Lipinski definition) is 2. The van der Waals surface area contributed by atoms with E-state index in [0.717, 1.165) is 37.3 Å². The molecule has 2 aromatic rings. The van der Waals surface area contributed by atoms with Crippen LogP contribution in [0.5, 0.6) is 0 Å². The molecule has 2 aliphatic heterocycles. The van der Waals surface area contributed by atoms with E-state index >= 15 is 0 Å². The van der Waals surface area contributed by atoms with Crippen molar-refractivity contribution in [2.45, 2.75) is 19.9 Å². The highest BCUT2D eigenvalue weighted by Gasteiger charge is 2.34. The van der Waals surface area contributed by atoms with Gasteiger partial charge in [-0.05, 0) is 31.5 Å². The van der Waals surface area contributed by atoms with Crippen molar-refractivity contribution < 1.29 is 14.3 Å². The first-order chi connectivity index (χ1) is 15.4. The van der Waals surface area contributed by atoms with Gasteiger partial charge in [-0.2, -0.15) is 0 Å². The molecule has 1 fully saturated rings. The van der Waals surface area contributed by atoms with E-state index in [1.165, 1.54) is 18.4 Å². The highest BCUT2D eigenvalue weighted by Crippen LogP contribution is 2.28. The third kappa shape index (κ3) is 4.78. The van der Waals surface area contributed by atoms with Crippen molar-refractivity contribution in [3.05, 3.63) is 76.5 Å². The van der Waals surface area contributed by atoms with E-state index < -0.39 is 12.0 Å². The molecule has 2 aliphatic rings. The monoisotopic (exact) mass is 434 g/mol. The lowest BCUT2D eigenvalue weighted by Gasteiger charge is -2.38. The lowest BCUT2D eigenvalue weighted by Crippen LogP contribution is -2.51. The lowest BCUT2D eigenvalue weighted by atomic mass is 9.94. The SMILES string of the molecule is COC(=O)C1=C(CN2CCN(c3ccc(C)cc3)CC2)NC(=O)NC1c1ccc(C)cc1. The molecule has 2 aromatic carbocycles.